The van der Waals surface area contributed by atoms with Crippen LogP contribution in [-0.2, 0) is 0 Å². The van der Waals surface area contributed by atoms with Gasteiger partial charge in [-0.05, 0) is 19.4 Å². The fraction of sp³-hybridized carbons (Fsp3) is 0.467. The number of para-hydroxylation sites is 1. The first-order valence-corrected chi connectivity index (χ1v) is 6.31. The highest BCUT2D eigenvalue weighted by atomic mass is 19.3. The molecule has 4 heteroatoms. The highest BCUT2D eigenvalue weighted by Gasteiger charge is 2.16. The normalized spacial score (nSPS) is 13.9. The molecule has 104 valence electrons. The van der Waals surface area contributed by atoms with Crippen LogP contribution < -0.4 is 10.1 Å². The lowest BCUT2D eigenvalue weighted by Crippen LogP contribution is -2.31. The Morgan fingerprint density at radius 3 is 2.63 bits per heavy atom. The number of hydrogen-bond acceptors (Lipinski definition) is 2. The van der Waals surface area contributed by atoms with E-state index in [0.717, 1.165) is 6.42 Å². The van der Waals surface area contributed by atoms with Gasteiger partial charge < -0.3 is 10.1 Å². The molecule has 1 rings (SSSR count). The van der Waals surface area contributed by atoms with Gasteiger partial charge in [-0.2, -0.15) is 8.78 Å². The first-order valence-electron chi connectivity index (χ1n) is 6.31. The fourth-order valence-electron chi connectivity index (χ4n) is 1.95. The third kappa shape index (κ3) is 4.88. The molecule has 0 heterocycles. The number of halogens is 2. The number of hydrogen-bond donors (Lipinski definition) is 1. The van der Waals surface area contributed by atoms with E-state index in [2.05, 4.69) is 16.0 Å². The first-order chi connectivity index (χ1) is 9.08. The highest BCUT2D eigenvalue weighted by molar-refractivity contribution is 5.35. The van der Waals surface area contributed by atoms with Crippen molar-refractivity contribution in [1.82, 2.24) is 5.32 Å². The van der Waals surface area contributed by atoms with Gasteiger partial charge in [-0.3, -0.25) is 0 Å². The van der Waals surface area contributed by atoms with Gasteiger partial charge in [0.15, 0.2) is 0 Å². The molecule has 0 aromatic heterocycles. The maximum absolute atomic E-state index is 12.3. The Kier molecular flexibility index (Phi) is 6.31. The quantitative estimate of drug-likeness (QED) is 0.760. The predicted octanol–water partition coefficient (Wildman–Crippen LogP) is 3.74. The molecule has 2 nitrogen and oxygen atoms in total. The molecule has 0 aliphatic rings. The molecule has 0 fully saturated rings. The van der Waals surface area contributed by atoms with E-state index >= 15 is 0 Å². The van der Waals surface area contributed by atoms with Gasteiger partial charge in [0.2, 0.25) is 0 Å². The van der Waals surface area contributed by atoms with Crippen LogP contribution >= 0.6 is 0 Å². The molecular weight excluding hydrogens is 248 g/mol. The van der Waals surface area contributed by atoms with Crippen molar-refractivity contribution in [1.29, 1.82) is 0 Å². The van der Waals surface area contributed by atoms with Crippen LogP contribution in [0.1, 0.15) is 38.3 Å². The highest BCUT2D eigenvalue weighted by Crippen LogP contribution is 2.26. The van der Waals surface area contributed by atoms with Gasteiger partial charge in [0, 0.05) is 24.1 Å². The summed E-state index contributed by atoms with van der Waals surface area (Å²) in [5, 5.41) is 3.33. The molecule has 0 bridgehead atoms. The number of ether oxygens (including phenoxy) is 1. The zero-order valence-corrected chi connectivity index (χ0v) is 11.2. The number of terminal acetylenes is 1. The van der Waals surface area contributed by atoms with Crippen LogP contribution in [-0.4, -0.2) is 12.7 Å². The predicted molar refractivity (Wildman–Crippen MR) is 72.2 cm³/mol. The minimum Gasteiger partial charge on any atom is -0.434 e. The van der Waals surface area contributed by atoms with Crippen molar-refractivity contribution >= 4 is 0 Å². The van der Waals surface area contributed by atoms with Crippen LogP contribution in [0.5, 0.6) is 5.75 Å². The van der Waals surface area contributed by atoms with Crippen molar-refractivity contribution in [2.45, 2.75) is 45.4 Å². The van der Waals surface area contributed by atoms with Crippen molar-refractivity contribution in [3.63, 3.8) is 0 Å². The summed E-state index contributed by atoms with van der Waals surface area (Å²) in [6.45, 7) is 1.12. The fourth-order valence-corrected chi connectivity index (χ4v) is 1.95. The van der Waals surface area contributed by atoms with Crippen LogP contribution in [0.4, 0.5) is 8.78 Å². The Morgan fingerprint density at radius 1 is 1.37 bits per heavy atom. The standard InChI is InChI=1S/C15H19F2NO/c1-4-8-12(5-2)18-11(3)13-9-6-7-10-14(13)19-15(16)17/h1,6-7,9-12,15,18H,5,8H2,2-3H3. The molecule has 0 saturated carbocycles. The van der Waals surface area contributed by atoms with Crippen molar-refractivity contribution in [2.75, 3.05) is 0 Å². The molecule has 1 aromatic rings. The summed E-state index contributed by atoms with van der Waals surface area (Å²) < 4.78 is 29.2. The van der Waals surface area contributed by atoms with Crippen LogP contribution in [0.15, 0.2) is 24.3 Å². The molecule has 2 atom stereocenters. The summed E-state index contributed by atoms with van der Waals surface area (Å²) in [6, 6.07) is 6.85. The second kappa shape index (κ2) is 7.75. The van der Waals surface area contributed by atoms with Crippen molar-refractivity contribution in [3.05, 3.63) is 29.8 Å². The minimum atomic E-state index is -2.82. The average molecular weight is 267 g/mol. The Balaban J connectivity index is 2.81. The van der Waals surface area contributed by atoms with Gasteiger partial charge in [-0.1, -0.05) is 25.1 Å². The zero-order valence-electron chi connectivity index (χ0n) is 11.2. The summed E-state index contributed by atoms with van der Waals surface area (Å²) in [5.41, 5.74) is 0.707. The van der Waals surface area contributed by atoms with E-state index in [9.17, 15) is 8.78 Å². The van der Waals surface area contributed by atoms with Crippen molar-refractivity contribution in [2.24, 2.45) is 0 Å². The van der Waals surface area contributed by atoms with E-state index in [4.69, 9.17) is 6.42 Å². The smallest absolute Gasteiger partial charge is 0.387 e. The van der Waals surface area contributed by atoms with E-state index < -0.39 is 6.61 Å². The Labute approximate surface area is 113 Å². The van der Waals surface area contributed by atoms with Gasteiger partial charge in [0.1, 0.15) is 5.75 Å². The zero-order chi connectivity index (χ0) is 14.3. The summed E-state index contributed by atoms with van der Waals surface area (Å²) >= 11 is 0. The largest absolute Gasteiger partial charge is 0.434 e. The molecule has 0 spiro atoms. The number of alkyl halides is 2. The number of nitrogens with one attached hydrogen (secondary N) is 1. The maximum Gasteiger partial charge on any atom is 0.387 e. The third-order valence-electron chi connectivity index (χ3n) is 2.94. The lowest BCUT2D eigenvalue weighted by atomic mass is 10.0. The SMILES string of the molecule is C#CCC(CC)NC(C)c1ccccc1OC(F)F. The first kappa shape index (κ1) is 15.5. The van der Waals surface area contributed by atoms with Gasteiger partial charge in [-0.15, -0.1) is 12.3 Å². The Bertz CT molecular complexity index is 428. The summed E-state index contributed by atoms with van der Waals surface area (Å²) in [5.74, 6) is 2.81. The summed E-state index contributed by atoms with van der Waals surface area (Å²) in [4.78, 5) is 0. The van der Waals surface area contributed by atoms with Crippen LogP contribution in [0, 0.1) is 12.3 Å². The van der Waals surface area contributed by atoms with E-state index in [1.54, 1.807) is 24.3 Å². The van der Waals surface area contributed by atoms with Gasteiger partial charge >= 0.3 is 6.61 Å². The molecule has 0 aliphatic heterocycles. The second-order valence-corrected chi connectivity index (χ2v) is 4.32. The molecular formula is C15H19F2NO. The second-order valence-electron chi connectivity index (χ2n) is 4.32. The molecule has 0 saturated heterocycles. The van der Waals surface area contributed by atoms with Gasteiger partial charge in [-0.25, -0.2) is 0 Å². The van der Waals surface area contributed by atoms with Crippen molar-refractivity contribution in [3.8, 4) is 18.1 Å². The van der Waals surface area contributed by atoms with Gasteiger partial charge in [0.05, 0.1) is 0 Å². The lowest BCUT2D eigenvalue weighted by molar-refractivity contribution is -0.0506. The van der Waals surface area contributed by atoms with E-state index in [1.807, 2.05) is 13.8 Å². The number of benzene rings is 1. The topological polar surface area (TPSA) is 21.3 Å². The molecule has 1 N–H and O–H groups in total. The van der Waals surface area contributed by atoms with Crippen molar-refractivity contribution < 1.29 is 13.5 Å². The molecule has 0 amide bonds. The summed E-state index contributed by atoms with van der Waals surface area (Å²) in [7, 11) is 0. The molecule has 0 radical (unpaired) electrons. The monoisotopic (exact) mass is 267 g/mol. The molecule has 0 aliphatic carbocycles. The minimum absolute atomic E-state index is 0.103. The third-order valence-corrected chi connectivity index (χ3v) is 2.94. The van der Waals surface area contributed by atoms with Crippen LogP contribution in [0.2, 0.25) is 0 Å². The molecule has 2 unspecified atom stereocenters. The van der Waals surface area contributed by atoms with E-state index in [1.165, 1.54) is 0 Å². The lowest BCUT2D eigenvalue weighted by Gasteiger charge is -2.22. The van der Waals surface area contributed by atoms with Crippen LogP contribution in [0.25, 0.3) is 0 Å². The summed E-state index contributed by atoms with van der Waals surface area (Å²) in [6.07, 6.45) is 6.79. The molecule has 1 aromatic carbocycles. The average Bonchev–Trinajstić information content (AvgIpc) is 2.38. The van der Waals surface area contributed by atoms with E-state index in [0.29, 0.717) is 12.0 Å². The Morgan fingerprint density at radius 2 is 2.05 bits per heavy atom. The van der Waals surface area contributed by atoms with E-state index in [-0.39, 0.29) is 17.8 Å². The van der Waals surface area contributed by atoms with Crippen LogP contribution in [0.3, 0.4) is 0 Å². The van der Waals surface area contributed by atoms with Gasteiger partial charge in [0.25, 0.3) is 0 Å². The Hall–Kier alpha value is -1.60. The number of rotatable bonds is 7. The molecule has 19 heavy (non-hydrogen) atoms. The maximum atomic E-state index is 12.3.